The topological polar surface area (TPSA) is 50.4 Å². The molecule has 0 saturated carbocycles. The molecular formula is C16H17N3O. The van der Waals surface area contributed by atoms with Crippen LogP contribution in [0.4, 0.5) is 0 Å². The number of rotatable bonds is 3. The molecular weight excluding hydrogens is 250 g/mol. The van der Waals surface area contributed by atoms with E-state index >= 15 is 0 Å². The van der Waals surface area contributed by atoms with Crippen LogP contribution in [0.3, 0.4) is 0 Å². The zero-order valence-corrected chi connectivity index (χ0v) is 11.6. The Kier molecular flexibility index (Phi) is 3.24. The summed E-state index contributed by atoms with van der Waals surface area (Å²) in [4.78, 5) is 4.09. The van der Waals surface area contributed by atoms with Crippen LogP contribution in [0.5, 0.6) is 0 Å². The van der Waals surface area contributed by atoms with E-state index < -0.39 is 6.10 Å². The van der Waals surface area contributed by atoms with Crippen LogP contribution >= 0.6 is 0 Å². The van der Waals surface area contributed by atoms with Crippen molar-refractivity contribution in [2.45, 2.75) is 26.4 Å². The first-order valence-electron chi connectivity index (χ1n) is 6.66. The Labute approximate surface area is 117 Å². The standard InChI is InChI=1S/C16H17N3O/c1-11-3-4-13(7-12(11)2)8-16(20)14-9-18-19-6-5-17-10-15(14)19/h3-7,9-10,16,20H,8H2,1-2H3. The number of aromatic nitrogens is 3. The second-order valence-electron chi connectivity index (χ2n) is 5.14. The third-order valence-corrected chi connectivity index (χ3v) is 3.71. The molecule has 2 heterocycles. The number of nitrogens with zero attached hydrogens (tertiary/aromatic N) is 3. The number of hydrogen-bond donors (Lipinski definition) is 1. The highest BCUT2D eigenvalue weighted by atomic mass is 16.3. The lowest BCUT2D eigenvalue weighted by Crippen LogP contribution is -2.02. The monoisotopic (exact) mass is 267 g/mol. The van der Waals surface area contributed by atoms with Crippen LogP contribution in [0.2, 0.25) is 0 Å². The zero-order valence-electron chi connectivity index (χ0n) is 11.6. The summed E-state index contributed by atoms with van der Waals surface area (Å²) in [5, 5.41) is 14.7. The van der Waals surface area contributed by atoms with Gasteiger partial charge in [0.05, 0.1) is 24.0 Å². The minimum atomic E-state index is -0.571. The zero-order chi connectivity index (χ0) is 14.1. The lowest BCUT2D eigenvalue weighted by Gasteiger charge is -2.11. The summed E-state index contributed by atoms with van der Waals surface area (Å²) in [6.07, 6.45) is 6.91. The molecule has 0 spiro atoms. The predicted molar refractivity (Wildman–Crippen MR) is 77.6 cm³/mol. The van der Waals surface area contributed by atoms with Crippen LogP contribution in [0.15, 0.2) is 43.0 Å². The number of aliphatic hydroxyl groups is 1. The van der Waals surface area contributed by atoms with Gasteiger partial charge >= 0.3 is 0 Å². The normalized spacial score (nSPS) is 12.8. The van der Waals surface area contributed by atoms with Gasteiger partial charge in [-0.05, 0) is 30.5 Å². The first-order chi connectivity index (χ1) is 9.65. The Bertz CT molecular complexity index is 748. The van der Waals surface area contributed by atoms with Crippen LogP contribution in [0.25, 0.3) is 5.52 Å². The third-order valence-electron chi connectivity index (χ3n) is 3.71. The van der Waals surface area contributed by atoms with Gasteiger partial charge in [-0.25, -0.2) is 4.52 Å². The molecule has 20 heavy (non-hydrogen) atoms. The summed E-state index contributed by atoms with van der Waals surface area (Å²) >= 11 is 0. The molecule has 0 amide bonds. The van der Waals surface area contributed by atoms with E-state index in [1.165, 1.54) is 11.1 Å². The Morgan fingerprint density at radius 3 is 2.85 bits per heavy atom. The lowest BCUT2D eigenvalue weighted by molar-refractivity contribution is 0.180. The van der Waals surface area contributed by atoms with E-state index in [4.69, 9.17) is 0 Å². The van der Waals surface area contributed by atoms with E-state index in [2.05, 4.69) is 42.1 Å². The van der Waals surface area contributed by atoms with E-state index in [9.17, 15) is 5.11 Å². The molecule has 0 aliphatic carbocycles. The first kappa shape index (κ1) is 12.8. The maximum atomic E-state index is 10.4. The Balaban J connectivity index is 1.89. The van der Waals surface area contributed by atoms with Crippen molar-refractivity contribution in [3.8, 4) is 0 Å². The van der Waals surface area contributed by atoms with Crippen LogP contribution < -0.4 is 0 Å². The summed E-state index contributed by atoms with van der Waals surface area (Å²) in [7, 11) is 0. The predicted octanol–water partition coefficient (Wildman–Crippen LogP) is 2.62. The van der Waals surface area contributed by atoms with Crippen LogP contribution in [-0.4, -0.2) is 19.7 Å². The molecule has 1 aromatic carbocycles. The van der Waals surface area contributed by atoms with Crippen molar-refractivity contribution in [1.82, 2.24) is 14.6 Å². The van der Waals surface area contributed by atoms with Gasteiger partial charge in [0, 0.05) is 24.4 Å². The highest BCUT2D eigenvalue weighted by Crippen LogP contribution is 2.23. The number of benzene rings is 1. The van der Waals surface area contributed by atoms with E-state index in [-0.39, 0.29) is 0 Å². The fraction of sp³-hybridized carbons (Fsp3) is 0.250. The Hall–Kier alpha value is -2.20. The molecule has 0 bridgehead atoms. The third kappa shape index (κ3) is 2.30. The second-order valence-corrected chi connectivity index (χ2v) is 5.14. The molecule has 0 radical (unpaired) electrons. The van der Waals surface area contributed by atoms with Crippen LogP contribution in [0.1, 0.15) is 28.4 Å². The first-order valence-corrected chi connectivity index (χ1v) is 6.66. The van der Waals surface area contributed by atoms with Crippen molar-refractivity contribution >= 4 is 5.52 Å². The summed E-state index contributed by atoms with van der Waals surface area (Å²) in [5.74, 6) is 0. The summed E-state index contributed by atoms with van der Waals surface area (Å²) in [5.41, 5.74) is 5.31. The summed E-state index contributed by atoms with van der Waals surface area (Å²) in [6.45, 7) is 4.18. The molecule has 0 fully saturated rings. The van der Waals surface area contributed by atoms with E-state index in [1.54, 1.807) is 29.3 Å². The molecule has 1 N–H and O–H groups in total. The molecule has 102 valence electrons. The lowest BCUT2D eigenvalue weighted by atomic mass is 9.99. The number of fused-ring (bicyclic) bond motifs is 1. The average Bonchev–Trinajstić information content (AvgIpc) is 2.87. The number of hydrogen-bond acceptors (Lipinski definition) is 3. The van der Waals surface area contributed by atoms with Gasteiger partial charge in [0.25, 0.3) is 0 Å². The molecule has 1 atom stereocenters. The van der Waals surface area contributed by atoms with E-state index in [0.29, 0.717) is 6.42 Å². The highest BCUT2D eigenvalue weighted by Gasteiger charge is 2.14. The maximum absolute atomic E-state index is 10.4. The Morgan fingerprint density at radius 2 is 2.05 bits per heavy atom. The molecule has 4 heteroatoms. The molecule has 4 nitrogen and oxygen atoms in total. The fourth-order valence-corrected chi connectivity index (χ4v) is 2.37. The van der Waals surface area contributed by atoms with Crippen molar-refractivity contribution in [1.29, 1.82) is 0 Å². The van der Waals surface area contributed by atoms with Gasteiger partial charge in [0.1, 0.15) is 0 Å². The average molecular weight is 267 g/mol. The van der Waals surface area contributed by atoms with Gasteiger partial charge in [-0.2, -0.15) is 5.10 Å². The van der Waals surface area contributed by atoms with E-state index in [0.717, 1.165) is 16.6 Å². The molecule has 1 unspecified atom stereocenters. The van der Waals surface area contributed by atoms with Crippen molar-refractivity contribution in [3.63, 3.8) is 0 Å². The van der Waals surface area contributed by atoms with Gasteiger partial charge in [-0.1, -0.05) is 18.2 Å². The molecule has 0 aliphatic heterocycles. The SMILES string of the molecule is Cc1ccc(CC(O)c2cnn3ccncc23)cc1C. The number of aliphatic hydroxyl groups excluding tert-OH is 1. The minimum absolute atomic E-state index is 0.571. The van der Waals surface area contributed by atoms with Crippen LogP contribution in [0, 0.1) is 13.8 Å². The van der Waals surface area contributed by atoms with Gasteiger partial charge < -0.3 is 5.11 Å². The maximum Gasteiger partial charge on any atom is 0.0903 e. The molecule has 3 aromatic rings. The van der Waals surface area contributed by atoms with E-state index in [1.807, 2.05) is 0 Å². The summed E-state index contributed by atoms with van der Waals surface area (Å²) in [6, 6.07) is 6.28. The second kappa shape index (κ2) is 5.06. The largest absolute Gasteiger partial charge is 0.388 e. The van der Waals surface area contributed by atoms with Gasteiger partial charge in [-0.15, -0.1) is 0 Å². The van der Waals surface area contributed by atoms with Crippen molar-refractivity contribution < 1.29 is 5.11 Å². The van der Waals surface area contributed by atoms with Crippen molar-refractivity contribution in [2.75, 3.05) is 0 Å². The molecule has 2 aromatic heterocycles. The van der Waals surface area contributed by atoms with Gasteiger partial charge in [0.2, 0.25) is 0 Å². The Morgan fingerprint density at radius 1 is 1.20 bits per heavy atom. The smallest absolute Gasteiger partial charge is 0.0903 e. The van der Waals surface area contributed by atoms with Crippen molar-refractivity contribution in [3.05, 3.63) is 65.2 Å². The molecule has 3 rings (SSSR count). The number of aryl methyl sites for hydroxylation is 2. The van der Waals surface area contributed by atoms with Gasteiger partial charge in [-0.3, -0.25) is 4.98 Å². The van der Waals surface area contributed by atoms with Crippen LogP contribution in [-0.2, 0) is 6.42 Å². The quantitative estimate of drug-likeness (QED) is 0.793. The summed E-state index contributed by atoms with van der Waals surface area (Å²) < 4.78 is 1.73. The van der Waals surface area contributed by atoms with Gasteiger partial charge in [0.15, 0.2) is 0 Å². The minimum Gasteiger partial charge on any atom is -0.388 e. The fourth-order valence-electron chi connectivity index (χ4n) is 2.37. The highest BCUT2D eigenvalue weighted by molar-refractivity contribution is 5.53. The molecule has 0 aliphatic rings. The molecule has 0 saturated heterocycles. The van der Waals surface area contributed by atoms with Crippen molar-refractivity contribution in [2.24, 2.45) is 0 Å².